The fraction of sp³-hybridized carbons (Fsp3) is 0.200. The van der Waals surface area contributed by atoms with Crippen LogP contribution < -0.4 is 15.8 Å². The van der Waals surface area contributed by atoms with E-state index in [1.807, 2.05) is 0 Å². The van der Waals surface area contributed by atoms with E-state index in [4.69, 9.17) is 15.6 Å². The van der Waals surface area contributed by atoms with Crippen molar-refractivity contribution in [3.63, 3.8) is 0 Å². The molecule has 6 heteroatoms. The van der Waals surface area contributed by atoms with Gasteiger partial charge in [0.2, 0.25) is 0 Å². The second-order valence-corrected chi connectivity index (χ2v) is 3.02. The third kappa shape index (κ3) is 2.88. The van der Waals surface area contributed by atoms with Gasteiger partial charge in [0.25, 0.3) is 5.91 Å². The van der Waals surface area contributed by atoms with Crippen molar-refractivity contribution in [2.24, 2.45) is 0 Å². The van der Waals surface area contributed by atoms with Gasteiger partial charge in [-0.05, 0) is 18.2 Å². The van der Waals surface area contributed by atoms with Crippen LogP contribution in [0.5, 0.6) is 5.75 Å². The Morgan fingerprint density at radius 1 is 1.50 bits per heavy atom. The predicted molar refractivity (Wildman–Crippen MR) is 57.4 cm³/mol. The van der Waals surface area contributed by atoms with Crippen LogP contribution in [0.1, 0.15) is 10.4 Å². The van der Waals surface area contributed by atoms with Crippen LogP contribution in [0, 0.1) is 0 Å². The van der Waals surface area contributed by atoms with Crippen LogP contribution in [-0.2, 0) is 4.79 Å². The highest BCUT2D eigenvalue weighted by molar-refractivity contribution is 5.92. The van der Waals surface area contributed by atoms with E-state index in [-0.39, 0.29) is 23.8 Å². The van der Waals surface area contributed by atoms with Gasteiger partial charge in [-0.1, -0.05) is 0 Å². The smallest absolute Gasteiger partial charge is 0.339 e. The Morgan fingerprint density at radius 3 is 2.75 bits per heavy atom. The second-order valence-electron chi connectivity index (χ2n) is 3.02. The highest BCUT2D eigenvalue weighted by atomic mass is 16.5. The Balaban J connectivity index is 2.87. The number of rotatable bonds is 4. The SMILES string of the molecule is CNC(=O)COc1ccc(N)cc1C(=O)O. The molecule has 0 fully saturated rings. The number of nitrogen functional groups attached to an aromatic ring is 1. The minimum absolute atomic E-state index is 0.0658. The first-order valence-electron chi connectivity index (χ1n) is 4.50. The lowest BCUT2D eigenvalue weighted by Gasteiger charge is -2.08. The van der Waals surface area contributed by atoms with E-state index in [0.29, 0.717) is 5.69 Å². The molecule has 1 aromatic rings. The number of anilines is 1. The molecule has 0 unspecified atom stereocenters. The summed E-state index contributed by atoms with van der Waals surface area (Å²) in [6.07, 6.45) is 0. The molecule has 0 aliphatic heterocycles. The quantitative estimate of drug-likeness (QED) is 0.629. The van der Waals surface area contributed by atoms with Crippen molar-refractivity contribution in [2.75, 3.05) is 19.4 Å². The summed E-state index contributed by atoms with van der Waals surface area (Å²) in [5, 5.41) is 11.2. The number of hydrogen-bond donors (Lipinski definition) is 3. The van der Waals surface area contributed by atoms with Crippen LogP contribution >= 0.6 is 0 Å². The minimum atomic E-state index is -1.15. The average molecular weight is 224 g/mol. The fourth-order valence-electron chi connectivity index (χ4n) is 1.06. The Hall–Kier alpha value is -2.24. The van der Waals surface area contributed by atoms with Gasteiger partial charge in [-0.3, -0.25) is 4.79 Å². The van der Waals surface area contributed by atoms with E-state index in [1.54, 1.807) is 0 Å². The van der Waals surface area contributed by atoms with E-state index in [0.717, 1.165) is 0 Å². The molecule has 4 N–H and O–H groups in total. The Kier molecular flexibility index (Phi) is 3.71. The lowest BCUT2D eigenvalue weighted by atomic mass is 10.2. The van der Waals surface area contributed by atoms with Crippen LogP contribution in [0.15, 0.2) is 18.2 Å². The topological polar surface area (TPSA) is 102 Å². The maximum Gasteiger partial charge on any atom is 0.339 e. The monoisotopic (exact) mass is 224 g/mol. The molecule has 0 bridgehead atoms. The number of carbonyl (C=O) groups excluding carboxylic acids is 1. The number of carbonyl (C=O) groups is 2. The summed E-state index contributed by atoms with van der Waals surface area (Å²) in [5.41, 5.74) is 5.71. The van der Waals surface area contributed by atoms with Crippen molar-refractivity contribution in [1.82, 2.24) is 5.32 Å². The number of carboxylic acids is 1. The molecule has 1 aromatic carbocycles. The van der Waals surface area contributed by atoms with Crippen LogP contribution in [0.25, 0.3) is 0 Å². The summed E-state index contributed by atoms with van der Waals surface area (Å²) in [6, 6.07) is 4.20. The largest absolute Gasteiger partial charge is 0.483 e. The molecule has 0 saturated carbocycles. The van der Waals surface area contributed by atoms with E-state index in [9.17, 15) is 9.59 Å². The number of nitrogens with one attached hydrogen (secondary N) is 1. The van der Waals surface area contributed by atoms with Crippen molar-refractivity contribution in [2.45, 2.75) is 0 Å². The average Bonchev–Trinajstić information content (AvgIpc) is 2.26. The first-order valence-corrected chi connectivity index (χ1v) is 4.50. The van der Waals surface area contributed by atoms with Gasteiger partial charge < -0.3 is 20.9 Å². The molecular formula is C10H12N2O4. The summed E-state index contributed by atoms with van der Waals surface area (Å²) in [5.74, 6) is -1.38. The van der Waals surface area contributed by atoms with Gasteiger partial charge in [0.1, 0.15) is 11.3 Å². The first kappa shape index (κ1) is 11.8. The zero-order valence-corrected chi connectivity index (χ0v) is 8.69. The van der Waals surface area contributed by atoms with Crippen molar-refractivity contribution < 1.29 is 19.4 Å². The lowest BCUT2D eigenvalue weighted by molar-refractivity contribution is -0.122. The highest BCUT2D eigenvalue weighted by Gasteiger charge is 2.12. The highest BCUT2D eigenvalue weighted by Crippen LogP contribution is 2.21. The molecule has 0 aliphatic carbocycles. The molecule has 1 amide bonds. The standard InChI is InChI=1S/C10H12N2O4/c1-12-9(13)5-16-8-3-2-6(11)4-7(8)10(14)15/h2-4H,5,11H2,1H3,(H,12,13)(H,14,15). The summed E-state index contributed by atoms with van der Waals surface area (Å²) in [4.78, 5) is 21.8. The van der Waals surface area contributed by atoms with Gasteiger partial charge in [-0.25, -0.2) is 4.79 Å². The number of ether oxygens (including phenoxy) is 1. The van der Waals surface area contributed by atoms with Gasteiger partial charge in [0, 0.05) is 12.7 Å². The Morgan fingerprint density at radius 2 is 2.19 bits per heavy atom. The molecule has 0 atom stereocenters. The molecule has 0 spiro atoms. The summed E-state index contributed by atoms with van der Waals surface area (Å²) < 4.78 is 5.06. The molecule has 6 nitrogen and oxygen atoms in total. The first-order chi connectivity index (χ1) is 7.54. The number of benzene rings is 1. The maximum absolute atomic E-state index is 10.9. The molecule has 0 saturated heterocycles. The lowest BCUT2D eigenvalue weighted by Crippen LogP contribution is -2.25. The Bertz CT molecular complexity index is 417. The number of nitrogens with two attached hydrogens (primary N) is 1. The van der Waals surface area contributed by atoms with Gasteiger partial charge >= 0.3 is 5.97 Å². The summed E-state index contributed by atoms with van der Waals surface area (Å²) in [6.45, 7) is -0.235. The molecule has 0 radical (unpaired) electrons. The Labute approximate surface area is 92.0 Å². The van der Waals surface area contributed by atoms with Crippen LogP contribution in [0.4, 0.5) is 5.69 Å². The predicted octanol–water partition coefficient (Wildman–Crippen LogP) is 0.0918. The minimum Gasteiger partial charge on any atom is -0.483 e. The van der Waals surface area contributed by atoms with E-state index in [1.165, 1.54) is 25.2 Å². The summed E-state index contributed by atoms with van der Waals surface area (Å²) in [7, 11) is 1.47. The van der Waals surface area contributed by atoms with Crippen LogP contribution in [0.2, 0.25) is 0 Å². The second kappa shape index (κ2) is 5.01. The number of amides is 1. The third-order valence-electron chi connectivity index (χ3n) is 1.87. The van der Waals surface area contributed by atoms with Crippen LogP contribution in [-0.4, -0.2) is 30.6 Å². The van der Waals surface area contributed by atoms with Crippen molar-refractivity contribution in [3.8, 4) is 5.75 Å². The number of aromatic carboxylic acids is 1. The maximum atomic E-state index is 10.9. The van der Waals surface area contributed by atoms with E-state index in [2.05, 4.69) is 5.32 Å². The number of likely N-dealkylation sites (N-methyl/N-ethyl adjacent to an activating group) is 1. The zero-order valence-electron chi connectivity index (χ0n) is 8.69. The molecular weight excluding hydrogens is 212 g/mol. The van der Waals surface area contributed by atoms with Gasteiger partial charge in [0.05, 0.1) is 0 Å². The molecule has 0 aliphatic rings. The number of hydrogen-bond acceptors (Lipinski definition) is 4. The molecule has 0 heterocycles. The number of carboxylic acid groups (broad SMARTS) is 1. The van der Waals surface area contributed by atoms with Gasteiger partial charge in [-0.2, -0.15) is 0 Å². The molecule has 0 aromatic heterocycles. The van der Waals surface area contributed by atoms with Gasteiger partial charge in [0.15, 0.2) is 6.61 Å². The molecule has 1 rings (SSSR count). The van der Waals surface area contributed by atoms with Crippen LogP contribution in [0.3, 0.4) is 0 Å². The molecule has 86 valence electrons. The molecule has 16 heavy (non-hydrogen) atoms. The third-order valence-corrected chi connectivity index (χ3v) is 1.87. The van der Waals surface area contributed by atoms with E-state index >= 15 is 0 Å². The normalized spacial score (nSPS) is 9.56. The van der Waals surface area contributed by atoms with Crippen molar-refractivity contribution in [1.29, 1.82) is 0 Å². The summed E-state index contributed by atoms with van der Waals surface area (Å²) >= 11 is 0. The fourth-order valence-corrected chi connectivity index (χ4v) is 1.06. The van der Waals surface area contributed by atoms with Crippen molar-refractivity contribution >= 4 is 17.6 Å². The van der Waals surface area contributed by atoms with Gasteiger partial charge in [-0.15, -0.1) is 0 Å². The van der Waals surface area contributed by atoms with Crippen molar-refractivity contribution in [3.05, 3.63) is 23.8 Å². The van der Waals surface area contributed by atoms with E-state index < -0.39 is 5.97 Å². The zero-order chi connectivity index (χ0) is 12.1.